The molecule has 0 saturated carbocycles. The molecule has 0 bridgehead atoms. The molecule has 2 amide bonds. The number of nitrogens with zero attached hydrogens (tertiary/aromatic N) is 2. The molecule has 0 aliphatic carbocycles. The molecule has 0 aliphatic rings. The van der Waals surface area contributed by atoms with Crippen LogP contribution in [0.15, 0.2) is 65.6 Å². The van der Waals surface area contributed by atoms with Gasteiger partial charge in [0.1, 0.15) is 10.6 Å². The molecule has 1 unspecified atom stereocenters. The fourth-order valence-electron chi connectivity index (χ4n) is 3.40. The summed E-state index contributed by atoms with van der Waals surface area (Å²) in [6.45, 7) is 2.64. The van der Waals surface area contributed by atoms with Gasteiger partial charge in [-0.05, 0) is 35.9 Å². The number of hydrogen-bond donors (Lipinski definition) is 1. The predicted octanol–water partition coefficient (Wildman–Crippen LogP) is 5.97. The minimum atomic E-state index is -4.64. The van der Waals surface area contributed by atoms with Crippen molar-refractivity contribution in [2.75, 3.05) is 5.32 Å². The number of alkyl halides is 1. The maximum Gasteiger partial charge on any atom is 0.283 e. The molecule has 1 atom stereocenters. The predicted molar refractivity (Wildman–Crippen MR) is 137 cm³/mol. The lowest BCUT2D eigenvalue weighted by Gasteiger charge is -2.20. The fourth-order valence-corrected chi connectivity index (χ4v) is 5.37. The summed E-state index contributed by atoms with van der Waals surface area (Å²) in [5.74, 6) is -1.41. The maximum atomic E-state index is 15.2. The monoisotopic (exact) mass is 563 g/mol. The van der Waals surface area contributed by atoms with Crippen molar-refractivity contribution >= 4 is 50.9 Å². The second kappa shape index (κ2) is 11.6. The smallest absolute Gasteiger partial charge is 0.283 e. The SMILES string of the molecule is CCC(=O)N(Cl)S(=O)(=O)c1c(NC(C)=O)cccc1-c1cccc(C(F)Oc2cc(Cl)cc(C#N)c2)c1. The summed E-state index contributed by atoms with van der Waals surface area (Å²) in [6.07, 6.45) is -2.19. The number of hydrogen-bond acceptors (Lipinski definition) is 6. The number of rotatable bonds is 8. The van der Waals surface area contributed by atoms with Crippen LogP contribution < -0.4 is 10.1 Å². The number of amides is 2. The van der Waals surface area contributed by atoms with Crippen LogP contribution in [-0.4, -0.2) is 24.1 Å². The molecule has 0 saturated heterocycles. The average Bonchev–Trinajstić information content (AvgIpc) is 2.86. The number of anilines is 1. The fraction of sp³-hybridized carbons (Fsp3) is 0.160. The van der Waals surface area contributed by atoms with Gasteiger partial charge in [0.25, 0.3) is 22.3 Å². The lowest BCUT2D eigenvalue weighted by molar-refractivity contribution is -0.123. The van der Waals surface area contributed by atoms with E-state index in [0.29, 0.717) is 0 Å². The molecule has 3 aromatic carbocycles. The number of nitrogens with one attached hydrogen (secondary N) is 1. The highest BCUT2D eigenvalue weighted by atomic mass is 35.5. The van der Waals surface area contributed by atoms with E-state index in [9.17, 15) is 18.0 Å². The normalized spacial score (nSPS) is 11.8. The molecule has 0 heterocycles. The van der Waals surface area contributed by atoms with Crippen LogP contribution >= 0.6 is 23.4 Å². The van der Waals surface area contributed by atoms with Crippen LogP contribution in [0.4, 0.5) is 10.1 Å². The van der Waals surface area contributed by atoms with Gasteiger partial charge in [-0.25, -0.2) is 0 Å². The van der Waals surface area contributed by atoms with Crippen LogP contribution in [0.2, 0.25) is 5.02 Å². The first-order valence-corrected chi connectivity index (χ1v) is 12.9. The summed E-state index contributed by atoms with van der Waals surface area (Å²) in [7, 11) is -4.64. The molecule has 3 aromatic rings. The number of nitriles is 1. The highest BCUT2D eigenvalue weighted by molar-refractivity contribution is 7.91. The molecule has 37 heavy (non-hydrogen) atoms. The minimum absolute atomic E-state index is 0.0220. The van der Waals surface area contributed by atoms with Gasteiger partial charge in [0.05, 0.1) is 17.3 Å². The zero-order chi connectivity index (χ0) is 27.3. The summed E-state index contributed by atoms with van der Waals surface area (Å²) < 4.78 is 47.3. The van der Waals surface area contributed by atoms with Gasteiger partial charge in [-0.15, -0.1) is 3.82 Å². The van der Waals surface area contributed by atoms with Crippen molar-refractivity contribution in [1.82, 2.24) is 3.82 Å². The van der Waals surface area contributed by atoms with Crippen molar-refractivity contribution in [2.24, 2.45) is 0 Å². The number of ether oxygens (including phenoxy) is 1. The Bertz CT molecular complexity index is 1510. The van der Waals surface area contributed by atoms with Gasteiger partial charge in [0, 0.05) is 41.3 Å². The molecule has 3 rings (SSSR count). The van der Waals surface area contributed by atoms with E-state index < -0.39 is 33.1 Å². The van der Waals surface area contributed by atoms with Crippen LogP contribution in [0.25, 0.3) is 11.1 Å². The van der Waals surface area contributed by atoms with Crippen molar-refractivity contribution in [3.8, 4) is 22.9 Å². The lowest BCUT2D eigenvalue weighted by Crippen LogP contribution is -2.29. The molecular weight excluding hydrogens is 544 g/mol. The van der Waals surface area contributed by atoms with E-state index in [0.717, 1.165) is 0 Å². The molecule has 0 radical (unpaired) electrons. The quantitative estimate of drug-likeness (QED) is 0.337. The van der Waals surface area contributed by atoms with Gasteiger partial charge in [-0.3, -0.25) is 9.59 Å². The Hall–Kier alpha value is -3.65. The molecule has 12 heteroatoms. The van der Waals surface area contributed by atoms with Gasteiger partial charge >= 0.3 is 0 Å². The Morgan fingerprint density at radius 1 is 1.16 bits per heavy atom. The molecule has 192 valence electrons. The summed E-state index contributed by atoms with van der Waals surface area (Å²) in [6, 6.07) is 16.0. The van der Waals surface area contributed by atoms with E-state index in [-0.39, 0.29) is 49.0 Å². The third kappa shape index (κ3) is 6.38. The molecule has 1 N–H and O–H groups in total. The lowest BCUT2D eigenvalue weighted by atomic mass is 10.0. The zero-order valence-corrected chi connectivity index (χ0v) is 21.9. The molecule has 0 fully saturated rings. The number of halogens is 3. The Labute approximate surface area is 223 Å². The van der Waals surface area contributed by atoms with Gasteiger partial charge in [0.2, 0.25) is 5.91 Å². The molecule has 0 aromatic heterocycles. The Kier molecular flexibility index (Phi) is 8.76. The van der Waals surface area contributed by atoms with E-state index in [1.165, 1.54) is 74.5 Å². The number of benzene rings is 3. The number of carbonyl (C=O) groups is 2. The van der Waals surface area contributed by atoms with Crippen LogP contribution in [0.5, 0.6) is 5.75 Å². The van der Waals surface area contributed by atoms with Crippen molar-refractivity contribution in [2.45, 2.75) is 31.5 Å². The van der Waals surface area contributed by atoms with E-state index in [4.69, 9.17) is 33.4 Å². The Morgan fingerprint density at radius 3 is 2.51 bits per heavy atom. The second-order valence-corrected chi connectivity index (χ2v) is 10.4. The van der Waals surface area contributed by atoms with E-state index >= 15 is 4.39 Å². The van der Waals surface area contributed by atoms with E-state index in [1.807, 2.05) is 6.07 Å². The average molecular weight is 564 g/mol. The van der Waals surface area contributed by atoms with Crippen LogP contribution in [0, 0.1) is 11.3 Å². The van der Waals surface area contributed by atoms with Gasteiger partial charge in [0.15, 0.2) is 0 Å². The van der Waals surface area contributed by atoms with Gasteiger partial charge in [-0.2, -0.15) is 18.1 Å². The van der Waals surface area contributed by atoms with E-state index in [2.05, 4.69) is 5.32 Å². The van der Waals surface area contributed by atoms with Crippen LogP contribution in [0.3, 0.4) is 0 Å². The Morgan fingerprint density at radius 2 is 1.86 bits per heavy atom. The first-order valence-electron chi connectivity index (χ1n) is 10.7. The highest BCUT2D eigenvalue weighted by Crippen LogP contribution is 2.37. The zero-order valence-electron chi connectivity index (χ0n) is 19.5. The van der Waals surface area contributed by atoms with Crippen molar-refractivity contribution in [3.63, 3.8) is 0 Å². The molecule has 0 spiro atoms. The second-order valence-electron chi connectivity index (χ2n) is 7.68. The third-order valence-electron chi connectivity index (χ3n) is 4.99. The number of carbonyl (C=O) groups excluding carboxylic acids is 2. The summed E-state index contributed by atoms with van der Waals surface area (Å²) >= 11 is 11.9. The van der Waals surface area contributed by atoms with Crippen molar-refractivity contribution in [1.29, 1.82) is 5.26 Å². The Balaban J connectivity index is 2.11. The van der Waals surface area contributed by atoms with Crippen molar-refractivity contribution in [3.05, 3.63) is 76.8 Å². The standard InChI is InChI=1S/C25H20Cl2FN3O5S/c1-3-23(33)31(27)37(34,35)24-21(8-5-9-22(24)30-15(2)32)17-6-4-7-18(12-17)25(28)36-20-11-16(14-29)10-19(26)13-20/h4-13,25H,3H2,1-2H3,(H,30,32). The van der Waals surface area contributed by atoms with Crippen LogP contribution in [0.1, 0.15) is 37.8 Å². The first kappa shape index (κ1) is 27.9. The van der Waals surface area contributed by atoms with Gasteiger partial charge in [-0.1, -0.05) is 48.9 Å². The molecule has 0 aliphatic heterocycles. The minimum Gasteiger partial charge on any atom is -0.456 e. The molecule has 8 nitrogen and oxygen atoms in total. The topological polar surface area (TPSA) is 117 Å². The van der Waals surface area contributed by atoms with Crippen LogP contribution in [-0.2, 0) is 19.6 Å². The highest BCUT2D eigenvalue weighted by Gasteiger charge is 2.33. The third-order valence-corrected chi connectivity index (χ3v) is 7.53. The largest absolute Gasteiger partial charge is 0.456 e. The molecular formula is C25H20Cl2FN3O5S. The van der Waals surface area contributed by atoms with Crippen molar-refractivity contribution < 1.29 is 27.1 Å². The number of sulfonamides is 1. The summed E-state index contributed by atoms with van der Waals surface area (Å²) in [5.41, 5.74) is 0.398. The van der Waals surface area contributed by atoms with Gasteiger partial charge < -0.3 is 10.1 Å². The van der Waals surface area contributed by atoms with E-state index in [1.54, 1.807) is 0 Å². The summed E-state index contributed by atoms with van der Waals surface area (Å²) in [4.78, 5) is 23.5. The maximum absolute atomic E-state index is 15.2. The first-order chi connectivity index (χ1) is 17.5. The summed E-state index contributed by atoms with van der Waals surface area (Å²) in [5, 5.41) is 11.7.